The first-order valence-electron chi connectivity index (χ1n) is 10.7. The van der Waals surface area contributed by atoms with E-state index in [9.17, 15) is 14.7 Å². The molecule has 0 spiro atoms. The van der Waals surface area contributed by atoms with Gasteiger partial charge in [0.25, 0.3) is 12.4 Å². The molecule has 3 rings (SSSR count). The number of carbonyl (C=O) groups is 3. The monoisotopic (exact) mass is 464 g/mol. The maximum atomic E-state index is 12.6. The van der Waals surface area contributed by atoms with Gasteiger partial charge in [-0.2, -0.15) is 0 Å². The summed E-state index contributed by atoms with van der Waals surface area (Å²) in [5, 5.41) is 22.5. The summed E-state index contributed by atoms with van der Waals surface area (Å²) in [7, 11) is 0. The molecule has 9 heteroatoms. The molecule has 0 aliphatic carbocycles. The number of nitrogens with zero attached hydrogens (tertiary/aromatic N) is 1. The Morgan fingerprint density at radius 3 is 2.50 bits per heavy atom. The lowest BCUT2D eigenvalue weighted by atomic mass is 9.88. The fraction of sp³-hybridized carbons (Fsp3) is 0.522. The summed E-state index contributed by atoms with van der Waals surface area (Å²) in [6.45, 7) is 6.38. The lowest BCUT2D eigenvalue weighted by molar-refractivity contribution is -0.150. The maximum absolute atomic E-state index is 12.6. The Labute approximate surface area is 192 Å². The minimum atomic E-state index is -1.40. The number of hydrogen-bond acceptors (Lipinski definition) is 6. The molecule has 176 valence electrons. The summed E-state index contributed by atoms with van der Waals surface area (Å²) >= 11 is 1.62. The van der Waals surface area contributed by atoms with Crippen LogP contribution in [-0.4, -0.2) is 57.6 Å². The number of amides is 2. The molecule has 1 saturated heterocycles. The van der Waals surface area contributed by atoms with Crippen LogP contribution in [0.5, 0.6) is 0 Å². The second-order valence-electron chi connectivity index (χ2n) is 8.45. The molecule has 2 aromatic rings. The first kappa shape index (κ1) is 25.6. The van der Waals surface area contributed by atoms with Crippen molar-refractivity contribution in [2.75, 3.05) is 13.1 Å². The van der Waals surface area contributed by atoms with E-state index in [-0.39, 0.29) is 36.7 Å². The molecular weight excluding hydrogens is 432 g/mol. The van der Waals surface area contributed by atoms with Crippen molar-refractivity contribution in [3.8, 4) is 10.6 Å². The van der Waals surface area contributed by atoms with Crippen LogP contribution in [0.15, 0.2) is 34.1 Å². The molecule has 2 amide bonds. The summed E-state index contributed by atoms with van der Waals surface area (Å²) in [5.74, 6) is 1.30. The summed E-state index contributed by atoms with van der Waals surface area (Å²) < 4.78 is 5.83. The lowest BCUT2D eigenvalue weighted by Crippen LogP contribution is -2.58. The number of likely N-dealkylation sites (tertiary alicyclic amines) is 1. The highest BCUT2D eigenvalue weighted by atomic mass is 32.1. The van der Waals surface area contributed by atoms with E-state index < -0.39 is 5.60 Å². The van der Waals surface area contributed by atoms with Crippen LogP contribution in [0.2, 0.25) is 0 Å². The first-order chi connectivity index (χ1) is 15.1. The molecule has 3 heterocycles. The molecule has 8 nitrogen and oxygen atoms in total. The summed E-state index contributed by atoms with van der Waals surface area (Å²) in [6.07, 6.45) is 2.18. The molecule has 0 atom stereocenters. The van der Waals surface area contributed by atoms with Gasteiger partial charge in [0.05, 0.1) is 4.88 Å². The maximum Gasteiger partial charge on any atom is 0.290 e. The van der Waals surface area contributed by atoms with Crippen LogP contribution in [0.25, 0.3) is 10.6 Å². The van der Waals surface area contributed by atoms with Crippen LogP contribution in [-0.2, 0) is 20.8 Å². The number of carbonyl (C=O) groups excluding carboxylic acids is 2. The van der Waals surface area contributed by atoms with Crippen molar-refractivity contribution >= 4 is 29.6 Å². The number of carboxylic acid groups (broad SMARTS) is 1. The fourth-order valence-corrected chi connectivity index (χ4v) is 4.00. The van der Waals surface area contributed by atoms with Crippen LogP contribution in [0, 0.1) is 0 Å². The number of furan rings is 1. The van der Waals surface area contributed by atoms with E-state index in [1.165, 1.54) is 0 Å². The van der Waals surface area contributed by atoms with E-state index in [4.69, 9.17) is 14.3 Å². The van der Waals surface area contributed by atoms with Crippen molar-refractivity contribution < 1.29 is 29.0 Å². The predicted molar refractivity (Wildman–Crippen MR) is 122 cm³/mol. The minimum absolute atomic E-state index is 0.0235. The van der Waals surface area contributed by atoms with Crippen LogP contribution in [0.1, 0.15) is 52.2 Å². The molecule has 0 unspecified atom stereocenters. The van der Waals surface area contributed by atoms with Crippen molar-refractivity contribution in [1.29, 1.82) is 0 Å². The Kier molecular flexibility index (Phi) is 9.03. The van der Waals surface area contributed by atoms with Gasteiger partial charge < -0.3 is 24.8 Å². The van der Waals surface area contributed by atoms with Crippen molar-refractivity contribution in [1.82, 2.24) is 10.2 Å². The average molecular weight is 465 g/mol. The van der Waals surface area contributed by atoms with Gasteiger partial charge in [-0.1, -0.05) is 13.0 Å². The standard InChI is InChI=1S/C22H30N2O4S.CH2O2/c1-4-21(2,3)23-20(26)22(27)11-13-24(14-12-22)19(25)10-8-16-7-9-17(28-16)18-6-5-15-29-18;2-1-3/h5-7,9,15,27H,4,8,10-14H2,1-3H3,(H,23,26);1H,(H,2,3). The number of aryl methyl sites for hydroxylation is 1. The van der Waals surface area contributed by atoms with E-state index in [2.05, 4.69) is 5.32 Å². The Balaban J connectivity index is 0.00000114. The number of piperidine rings is 1. The summed E-state index contributed by atoms with van der Waals surface area (Å²) in [4.78, 5) is 36.2. The third-order valence-corrected chi connectivity index (χ3v) is 6.60. The van der Waals surface area contributed by atoms with Gasteiger partial charge in [0, 0.05) is 44.3 Å². The zero-order valence-corrected chi connectivity index (χ0v) is 19.6. The molecular formula is C23H32N2O6S. The van der Waals surface area contributed by atoms with Crippen LogP contribution >= 0.6 is 11.3 Å². The van der Waals surface area contributed by atoms with Gasteiger partial charge >= 0.3 is 0 Å². The topological polar surface area (TPSA) is 120 Å². The Hall–Kier alpha value is -2.65. The van der Waals surface area contributed by atoms with Crippen molar-refractivity contribution in [3.63, 3.8) is 0 Å². The van der Waals surface area contributed by atoms with E-state index in [1.54, 1.807) is 16.2 Å². The second-order valence-corrected chi connectivity index (χ2v) is 9.40. The molecule has 0 saturated carbocycles. The molecule has 2 aromatic heterocycles. The van der Waals surface area contributed by atoms with Crippen molar-refractivity contribution in [2.45, 2.75) is 64.0 Å². The SMILES string of the molecule is CCC(C)(C)NC(=O)C1(O)CCN(C(=O)CCc2ccc(-c3cccs3)o2)CC1.O=CO. The normalized spacial score (nSPS) is 15.4. The molecule has 1 aliphatic rings. The molecule has 1 aliphatic heterocycles. The second kappa shape index (κ2) is 11.3. The van der Waals surface area contributed by atoms with Crippen LogP contribution in [0.4, 0.5) is 0 Å². The fourth-order valence-electron chi connectivity index (χ4n) is 3.32. The number of thiophene rings is 1. The van der Waals surface area contributed by atoms with Gasteiger partial charge in [-0.3, -0.25) is 14.4 Å². The highest BCUT2D eigenvalue weighted by molar-refractivity contribution is 7.13. The number of aliphatic hydroxyl groups is 1. The molecule has 0 bridgehead atoms. The first-order valence-corrected chi connectivity index (χ1v) is 11.6. The number of rotatable bonds is 7. The van der Waals surface area contributed by atoms with Gasteiger partial charge in [0.1, 0.15) is 17.1 Å². The Bertz CT molecular complexity index is 882. The van der Waals surface area contributed by atoms with Gasteiger partial charge in [0.2, 0.25) is 5.91 Å². The number of nitrogens with one attached hydrogen (secondary N) is 1. The predicted octanol–water partition coefficient (Wildman–Crippen LogP) is 3.30. The largest absolute Gasteiger partial charge is 0.483 e. The summed E-state index contributed by atoms with van der Waals surface area (Å²) in [5.41, 5.74) is -1.76. The van der Waals surface area contributed by atoms with Crippen molar-refractivity contribution in [3.05, 3.63) is 35.4 Å². The van der Waals surface area contributed by atoms with Crippen LogP contribution < -0.4 is 5.32 Å². The average Bonchev–Trinajstić information content (AvgIpc) is 3.45. The number of hydrogen-bond donors (Lipinski definition) is 3. The molecule has 32 heavy (non-hydrogen) atoms. The molecule has 0 radical (unpaired) electrons. The summed E-state index contributed by atoms with van der Waals surface area (Å²) in [6, 6.07) is 7.83. The lowest BCUT2D eigenvalue weighted by Gasteiger charge is -2.39. The van der Waals surface area contributed by atoms with Crippen LogP contribution in [0.3, 0.4) is 0 Å². The van der Waals surface area contributed by atoms with Gasteiger partial charge in [-0.25, -0.2) is 0 Å². The van der Waals surface area contributed by atoms with Crippen molar-refractivity contribution in [2.24, 2.45) is 0 Å². The highest BCUT2D eigenvalue weighted by Crippen LogP contribution is 2.28. The zero-order valence-electron chi connectivity index (χ0n) is 18.8. The minimum Gasteiger partial charge on any atom is -0.483 e. The zero-order chi connectivity index (χ0) is 23.8. The molecule has 3 N–H and O–H groups in total. The molecule has 0 aromatic carbocycles. The van der Waals surface area contributed by atoms with E-state index in [0.29, 0.717) is 25.9 Å². The smallest absolute Gasteiger partial charge is 0.290 e. The highest BCUT2D eigenvalue weighted by Gasteiger charge is 2.41. The third-order valence-electron chi connectivity index (χ3n) is 5.71. The van der Waals surface area contributed by atoms with Gasteiger partial charge in [-0.05, 0) is 43.8 Å². The Morgan fingerprint density at radius 1 is 1.28 bits per heavy atom. The van der Waals surface area contributed by atoms with E-state index >= 15 is 0 Å². The third kappa shape index (κ3) is 6.93. The van der Waals surface area contributed by atoms with Gasteiger partial charge in [0.15, 0.2) is 0 Å². The quantitative estimate of drug-likeness (QED) is 0.541. The van der Waals surface area contributed by atoms with E-state index in [1.807, 2.05) is 50.4 Å². The van der Waals surface area contributed by atoms with Gasteiger partial charge in [-0.15, -0.1) is 11.3 Å². The Morgan fingerprint density at radius 2 is 1.94 bits per heavy atom. The molecule has 1 fully saturated rings. The van der Waals surface area contributed by atoms with E-state index in [0.717, 1.165) is 22.8 Å².